The Morgan fingerprint density at radius 1 is 1.45 bits per heavy atom. The summed E-state index contributed by atoms with van der Waals surface area (Å²) in [6.45, 7) is 4.14. The van der Waals surface area contributed by atoms with Crippen LogP contribution in [-0.4, -0.2) is 11.9 Å². The minimum atomic E-state index is -0.312. The van der Waals surface area contributed by atoms with Crippen LogP contribution in [-0.2, 0) is 4.79 Å². The van der Waals surface area contributed by atoms with Crippen LogP contribution >= 0.6 is 12.4 Å². The van der Waals surface area contributed by atoms with E-state index in [9.17, 15) is 4.79 Å². The highest BCUT2D eigenvalue weighted by Gasteiger charge is 2.07. The Labute approximate surface area is 73.9 Å². The second-order valence-corrected chi connectivity index (χ2v) is 3.06. The average Bonchev–Trinajstić information content (AvgIpc) is 1.58. The zero-order valence-electron chi connectivity index (χ0n) is 7.04. The van der Waals surface area contributed by atoms with E-state index >= 15 is 0 Å². The monoisotopic (exact) mass is 180 g/mol. The molecule has 0 aromatic carbocycles. The first-order valence-electron chi connectivity index (χ1n) is 3.56. The van der Waals surface area contributed by atoms with Crippen molar-refractivity contribution in [2.45, 2.75) is 32.7 Å². The van der Waals surface area contributed by atoms with Crippen molar-refractivity contribution in [2.24, 2.45) is 17.4 Å². The van der Waals surface area contributed by atoms with Gasteiger partial charge in [0.25, 0.3) is 0 Å². The van der Waals surface area contributed by atoms with Gasteiger partial charge in [-0.1, -0.05) is 13.8 Å². The van der Waals surface area contributed by atoms with Gasteiger partial charge in [-0.15, -0.1) is 12.4 Å². The van der Waals surface area contributed by atoms with E-state index in [1.807, 2.05) is 0 Å². The molecule has 0 saturated carbocycles. The summed E-state index contributed by atoms with van der Waals surface area (Å²) >= 11 is 0. The molecule has 3 nitrogen and oxygen atoms in total. The third-order valence-corrected chi connectivity index (χ3v) is 1.24. The molecule has 0 fully saturated rings. The number of halogens is 1. The summed E-state index contributed by atoms with van der Waals surface area (Å²) in [5, 5.41) is 0. The number of primary amides is 1. The molecular weight excluding hydrogens is 164 g/mol. The molecule has 4 N–H and O–H groups in total. The second kappa shape index (κ2) is 6.43. The standard InChI is InChI=1S/C7H16N2O.ClH/c1-5(2)3-6(8)4-7(9)10;/h5-6H,3-4,8H2,1-2H3,(H2,9,10);1H. The Morgan fingerprint density at radius 2 is 1.91 bits per heavy atom. The topological polar surface area (TPSA) is 69.1 Å². The normalized spacial score (nSPS) is 12.4. The van der Waals surface area contributed by atoms with Crippen molar-refractivity contribution >= 4 is 18.3 Å². The number of hydrogen-bond donors (Lipinski definition) is 2. The molecule has 0 bridgehead atoms. The second-order valence-electron chi connectivity index (χ2n) is 3.06. The van der Waals surface area contributed by atoms with Crippen molar-refractivity contribution in [3.05, 3.63) is 0 Å². The summed E-state index contributed by atoms with van der Waals surface area (Å²) in [7, 11) is 0. The van der Waals surface area contributed by atoms with Crippen LogP contribution in [0.2, 0.25) is 0 Å². The number of carbonyl (C=O) groups is 1. The highest BCUT2D eigenvalue weighted by atomic mass is 35.5. The molecule has 0 aliphatic carbocycles. The molecule has 4 heteroatoms. The van der Waals surface area contributed by atoms with Gasteiger partial charge in [-0.3, -0.25) is 4.79 Å². The molecule has 0 radical (unpaired) electrons. The molecule has 0 aromatic heterocycles. The van der Waals surface area contributed by atoms with Crippen molar-refractivity contribution in [3.63, 3.8) is 0 Å². The Kier molecular flexibility index (Phi) is 7.79. The predicted octanol–water partition coefficient (Wildman–Crippen LogP) is 0.657. The fourth-order valence-corrected chi connectivity index (χ4v) is 0.947. The molecule has 0 aliphatic heterocycles. The number of carbonyl (C=O) groups excluding carboxylic acids is 1. The van der Waals surface area contributed by atoms with Crippen LogP contribution < -0.4 is 11.5 Å². The van der Waals surface area contributed by atoms with Gasteiger partial charge in [0.2, 0.25) is 5.91 Å². The molecule has 0 heterocycles. The summed E-state index contributed by atoms with van der Waals surface area (Å²) in [4.78, 5) is 10.3. The van der Waals surface area contributed by atoms with E-state index in [0.29, 0.717) is 12.3 Å². The van der Waals surface area contributed by atoms with Crippen molar-refractivity contribution in [1.82, 2.24) is 0 Å². The molecular formula is C7H17ClN2O. The number of hydrogen-bond acceptors (Lipinski definition) is 2. The molecule has 0 rings (SSSR count). The van der Waals surface area contributed by atoms with Gasteiger partial charge in [0.15, 0.2) is 0 Å². The Bertz CT molecular complexity index is 117. The van der Waals surface area contributed by atoms with E-state index in [-0.39, 0.29) is 24.4 Å². The highest BCUT2D eigenvalue weighted by Crippen LogP contribution is 2.04. The van der Waals surface area contributed by atoms with E-state index < -0.39 is 0 Å². The molecule has 0 aliphatic rings. The quantitative estimate of drug-likeness (QED) is 0.668. The molecule has 11 heavy (non-hydrogen) atoms. The lowest BCUT2D eigenvalue weighted by atomic mass is 10.0. The third kappa shape index (κ3) is 9.72. The summed E-state index contributed by atoms with van der Waals surface area (Å²) in [6.07, 6.45) is 1.17. The van der Waals surface area contributed by atoms with Crippen LogP contribution in [0.5, 0.6) is 0 Å². The largest absolute Gasteiger partial charge is 0.370 e. The van der Waals surface area contributed by atoms with Gasteiger partial charge in [-0.2, -0.15) is 0 Å². The first-order valence-corrected chi connectivity index (χ1v) is 3.56. The van der Waals surface area contributed by atoms with Crippen molar-refractivity contribution in [1.29, 1.82) is 0 Å². The van der Waals surface area contributed by atoms with Crippen molar-refractivity contribution < 1.29 is 4.79 Å². The van der Waals surface area contributed by atoms with Crippen LogP contribution in [0, 0.1) is 5.92 Å². The predicted molar refractivity (Wildman–Crippen MR) is 48.5 cm³/mol. The average molecular weight is 181 g/mol. The smallest absolute Gasteiger partial charge is 0.218 e. The van der Waals surface area contributed by atoms with Crippen LogP contribution in [0.15, 0.2) is 0 Å². The molecule has 1 atom stereocenters. The molecule has 1 unspecified atom stereocenters. The maximum Gasteiger partial charge on any atom is 0.218 e. The van der Waals surface area contributed by atoms with Crippen LogP contribution in [0.4, 0.5) is 0 Å². The summed E-state index contributed by atoms with van der Waals surface area (Å²) < 4.78 is 0. The fraction of sp³-hybridized carbons (Fsp3) is 0.857. The number of nitrogens with two attached hydrogens (primary N) is 2. The van der Waals surface area contributed by atoms with Gasteiger partial charge in [-0.25, -0.2) is 0 Å². The van der Waals surface area contributed by atoms with Gasteiger partial charge in [0, 0.05) is 12.5 Å². The minimum absolute atomic E-state index is 0. The van der Waals surface area contributed by atoms with E-state index in [4.69, 9.17) is 11.5 Å². The molecule has 0 aromatic rings. The number of amides is 1. The van der Waals surface area contributed by atoms with Gasteiger partial charge in [-0.05, 0) is 12.3 Å². The van der Waals surface area contributed by atoms with Crippen LogP contribution in [0.1, 0.15) is 26.7 Å². The van der Waals surface area contributed by atoms with E-state index in [1.54, 1.807) is 0 Å². The molecule has 0 spiro atoms. The molecule has 68 valence electrons. The van der Waals surface area contributed by atoms with Gasteiger partial charge in [0.1, 0.15) is 0 Å². The van der Waals surface area contributed by atoms with Crippen LogP contribution in [0.25, 0.3) is 0 Å². The first-order chi connectivity index (χ1) is 4.52. The van der Waals surface area contributed by atoms with Crippen molar-refractivity contribution in [2.75, 3.05) is 0 Å². The van der Waals surface area contributed by atoms with E-state index in [2.05, 4.69) is 13.8 Å². The Hall–Kier alpha value is -0.280. The Balaban J connectivity index is 0. The molecule has 0 saturated heterocycles. The molecule has 1 amide bonds. The van der Waals surface area contributed by atoms with Crippen molar-refractivity contribution in [3.8, 4) is 0 Å². The highest BCUT2D eigenvalue weighted by molar-refractivity contribution is 5.85. The number of rotatable bonds is 4. The summed E-state index contributed by atoms with van der Waals surface area (Å²) in [5.41, 5.74) is 10.5. The zero-order chi connectivity index (χ0) is 8.15. The Morgan fingerprint density at radius 3 is 2.18 bits per heavy atom. The van der Waals surface area contributed by atoms with Gasteiger partial charge < -0.3 is 11.5 Å². The first kappa shape index (κ1) is 13.3. The summed E-state index contributed by atoms with van der Waals surface area (Å²) in [6, 6.07) is -0.0579. The SMILES string of the molecule is CC(C)CC(N)CC(N)=O.Cl. The maximum absolute atomic E-state index is 10.3. The lowest BCUT2D eigenvalue weighted by molar-refractivity contribution is -0.118. The third-order valence-electron chi connectivity index (χ3n) is 1.24. The van der Waals surface area contributed by atoms with Crippen LogP contribution in [0.3, 0.4) is 0 Å². The van der Waals surface area contributed by atoms with E-state index in [1.165, 1.54) is 0 Å². The fourth-order valence-electron chi connectivity index (χ4n) is 0.947. The van der Waals surface area contributed by atoms with Gasteiger partial charge >= 0.3 is 0 Å². The minimum Gasteiger partial charge on any atom is -0.370 e. The zero-order valence-corrected chi connectivity index (χ0v) is 7.86. The van der Waals surface area contributed by atoms with Gasteiger partial charge in [0.05, 0.1) is 0 Å². The lowest BCUT2D eigenvalue weighted by Crippen LogP contribution is -2.28. The summed E-state index contributed by atoms with van der Waals surface area (Å²) in [5.74, 6) is 0.225. The lowest BCUT2D eigenvalue weighted by Gasteiger charge is -2.10. The van der Waals surface area contributed by atoms with E-state index in [0.717, 1.165) is 6.42 Å². The maximum atomic E-state index is 10.3.